The van der Waals surface area contributed by atoms with Crippen LogP contribution in [-0.2, 0) is 18.9 Å². The predicted molar refractivity (Wildman–Crippen MR) is 64.3 cm³/mol. The molecule has 0 aromatic rings. The Morgan fingerprint density at radius 3 is 2.70 bits per heavy atom. The molecule has 3 aliphatic heterocycles. The lowest BCUT2D eigenvalue weighted by Crippen LogP contribution is -2.60. The van der Waals surface area contributed by atoms with Gasteiger partial charge in [-0.3, -0.25) is 0 Å². The van der Waals surface area contributed by atoms with Gasteiger partial charge in [-0.05, 0) is 24.9 Å². The summed E-state index contributed by atoms with van der Waals surface area (Å²) in [6.07, 6.45) is -1.72. The molecule has 0 amide bonds. The predicted octanol–water partition coefficient (Wildman–Crippen LogP) is 1.62. The van der Waals surface area contributed by atoms with Crippen LogP contribution in [0.1, 0.15) is 13.8 Å². The van der Waals surface area contributed by atoms with Crippen LogP contribution in [0, 0.1) is 0 Å². The highest BCUT2D eigenvalue weighted by Crippen LogP contribution is 2.47. The maximum Gasteiger partial charge on any atom is 0.169 e. The average Bonchev–Trinajstić information content (AvgIpc) is 2.93. The van der Waals surface area contributed by atoms with Crippen molar-refractivity contribution < 1.29 is 18.9 Å². The van der Waals surface area contributed by atoms with Crippen molar-refractivity contribution in [3.8, 4) is 0 Å². The molecule has 10 heteroatoms. The third-order valence-corrected chi connectivity index (χ3v) is 3.69. The Balaban J connectivity index is 1.97. The molecular weight excluding hydrogens is 268 g/mol. The van der Waals surface area contributed by atoms with Crippen LogP contribution in [0.4, 0.5) is 0 Å². The van der Waals surface area contributed by atoms with Crippen LogP contribution >= 0.6 is 0 Å². The van der Waals surface area contributed by atoms with E-state index in [0.717, 1.165) is 0 Å². The summed E-state index contributed by atoms with van der Waals surface area (Å²) in [5.41, 5.74) is 16.3. The molecule has 3 aliphatic rings. The maximum absolute atomic E-state index is 8.69. The molecule has 3 rings (SSSR count). The second kappa shape index (κ2) is 4.49. The maximum atomic E-state index is 8.69. The lowest BCUT2D eigenvalue weighted by molar-refractivity contribution is -0.188. The molecule has 20 heavy (non-hydrogen) atoms. The summed E-state index contributed by atoms with van der Waals surface area (Å²) in [7, 11) is 0. The van der Waals surface area contributed by atoms with E-state index >= 15 is 0 Å². The van der Waals surface area contributed by atoms with Gasteiger partial charge in [0.2, 0.25) is 0 Å². The van der Waals surface area contributed by atoms with E-state index in [1.54, 1.807) is 13.8 Å². The van der Waals surface area contributed by atoms with Gasteiger partial charge in [-0.1, -0.05) is 10.2 Å². The molecule has 0 aliphatic carbocycles. The fraction of sp³-hybridized carbons (Fsp3) is 1.00. The van der Waals surface area contributed by atoms with Crippen LogP contribution in [0.25, 0.3) is 20.9 Å². The Kier molecular flexibility index (Phi) is 3.02. The molecule has 0 radical (unpaired) electrons. The first-order chi connectivity index (χ1) is 9.51. The standard InChI is InChI=1S/C10H14N6O4/c1-9(2)18-6-5(14-16-12)8-17-4-10(20-8,3-13-15-11)7(6)19-9/h5-8H,3-4H2,1-2H3/t5-,6?,7-,8?,10+/m1/s1. The van der Waals surface area contributed by atoms with Gasteiger partial charge < -0.3 is 18.9 Å². The number of nitrogens with zero attached hydrogens (tertiary/aromatic N) is 6. The normalized spacial score (nSPS) is 44.3. The first-order valence-electron chi connectivity index (χ1n) is 6.21. The van der Waals surface area contributed by atoms with Gasteiger partial charge in [-0.2, -0.15) is 0 Å². The van der Waals surface area contributed by atoms with Gasteiger partial charge in [-0.25, -0.2) is 0 Å². The van der Waals surface area contributed by atoms with Crippen molar-refractivity contribution in [1.82, 2.24) is 0 Å². The largest absolute Gasteiger partial charge is 0.349 e. The number of hydrogen-bond acceptors (Lipinski definition) is 6. The van der Waals surface area contributed by atoms with E-state index in [0.29, 0.717) is 0 Å². The minimum atomic E-state index is -0.892. The van der Waals surface area contributed by atoms with E-state index in [1.165, 1.54) is 0 Å². The molecule has 0 N–H and O–H groups in total. The van der Waals surface area contributed by atoms with Gasteiger partial charge in [0.15, 0.2) is 12.1 Å². The summed E-state index contributed by atoms with van der Waals surface area (Å²) >= 11 is 0. The molecular formula is C10H14N6O4. The van der Waals surface area contributed by atoms with Crippen LogP contribution in [0.15, 0.2) is 10.2 Å². The van der Waals surface area contributed by atoms with Crippen molar-refractivity contribution >= 4 is 0 Å². The Hall–Kier alpha value is -1.54. The Bertz CT molecular complexity index is 514. The molecule has 10 nitrogen and oxygen atoms in total. The molecule has 3 fully saturated rings. The van der Waals surface area contributed by atoms with Gasteiger partial charge in [0.1, 0.15) is 23.9 Å². The van der Waals surface area contributed by atoms with Gasteiger partial charge in [-0.15, -0.1) is 0 Å². The van der Waals surface area contributed by atoms with Crippen LogP contribution < -0.4 is 0 Å². The number of rotatable bonds is 3. The van der Waals surface area contributed by atoms with Crippen LogP contribution in [0.5, 0.6) is 0 Å². The first-order valence-corrected chi connectivity index (χ1v) is 6.21. The monoisotopic (exact) mass is 282 g/mol. The highest BCUT2D eigenvalue weighted by atomic mass is 16.8. The number of hydrogen-bond donors (Lipinski definition) is 0. The Labute approximate surface area is 114 Å². The van der Waals surface area contributed by atoms with Gasteiger partial charge in [0, 0.05) is 9.82 Å². The van der Waals surface area contributed by atoms with Gasteiger partial charge in [0.25, 0.3) is 0 Å². The molecule has 0 aromatic heterocycles. The zero-order valence-corrected chi connectivity index (χ0v) is 11.0. The summed E-state index contributed by atoms with van der Waals surface area (Å²) in [6, 6.07) is -0.631. The van der Waals surface area contributed by atoms with Crippen molar-refractivity contribution in [1.29, 1.82) is 0 Å². The van der Waals surface area contributed by atoms with Crippen molar-refractivity contribution in [3.63, 3.8) is 0 Å². The quantitative estimate of drug-likeness (QED) is 0.441. The molecule has 0 saturated carbocycles. The summed E-state index contributed by atoms with van der Waals surface area (Å²) in [5, 5.41) is 7.29. The molecule has 5 atom stereocenters. The average molecular weight is 282 g/mol. The van der Waals surface area contributed by atoms with E-state index < -0.39 is 35.9 Å². The molecule has 108 valence electrons. The number of ether oxygens (including phenoxy) is 4. The van der Waals surface area contributed by atoms with Crippen LogP contribution in [-0.4, -0.2) is 49.1 Å². The number of azide groups is 2. The van der Waals surface area contributed by atoms with Crippen molar-refractivity contribution in [2.45, 2.75) is 49.8 Å². The molecule has 2 bridgehead atoms. The zero-order valence-electron chi connectivity index (χ0n) is 11.0. The molecule has 2 unspecified atom stereocenters. The third kappa shape index (κ3) is 1.90. The highest BCUT2D eigenvalue weighted by molar-refractivity contribution is 5.11. The van der Waals surface area contributed by atoms with Gasteiger partial charge >= 0.3 is 0 Å². The minimum absolute atomic E-state index is 0.0730. The first kappa shape index (κ1) is 13.4. The second-order valence-corrected chi connectivity index (χ2v) is 5.47. The smallest absolute Gasteiger partial charge is 0.169 e. The summed E-state index contributed by atoms with van der Waals surface area (Å²) in [6.45, 7) is 3.82. The highest BCUT2D eigenvalue weighted by Gasteiger charge is 2.65. The minimum Gasteiger partial charge on any atom is -0.349 e. The van der Waals surface area contributed by atoms with E-state index in [9.17, 15) is 0 Å². The topological polar surface area (TPSA) is 134 Å². The zero-order chi connectivity index (χ0) is 14.4. The van der Waals surface area contributed by atoms with E-state index in [4.69, 9.17) is 30.0 Å². The van der Waals surface area contributed by atoms with Crippen LogP contribution in [0.3, 0.4) is 0 Å². The van der Waals surface area contributed by atoms with Gasteiger partial charge in [0.05, 0.1) is 13.2 Å². The van der Waals surface area contributed by atoms with Crippen LogP contribution in [0.2, 0.25) is 0 Å². The van der Waals surface area contributed by atoms with E-state index in [-0.39, 0.29) is 13.2 Å². The van der Waals surface area contributed by atoms with Crippen molar-refractivity contribution in [2.75, 3.05) is 13.2 Å². The van der Waals surface area contributed by atoms with Crippen molar-refractivity contribution in [2.24, 2.45) is 10.2 Å². The second-order valence-electron chi connectivity index (χ2n) is 5.47. The van der Waals surface area contributed by atoms with Crippen molar-refractivity contribution in [3.05, 3.63) is 20.9 Å². The Morgan fingerprint density at radius 2 is 2.00 bits per heavy atom. The van der Waals surface area contributed by atoms with E-state index in [1.807, 2.05) is 0 Å². The molecule has 3 heterocycles. The molecule has 0 spiro atoms. The summed E-state index contributed by atoms with van der Waals surface area (Å²) in [5.74, 6) is -0.824. The molecule has 3 saturated heterocycles. The lowest BCUT2D eigenvalue weighted by atomic mass is 9.88. The van der Waals surface area contributed by atoms with E-state index in [2.05, 4.69) is 20.1 Å². The fourth-order valence-corrected chi connectivity index (χ4v) is 2.94. The molecule has 0 aromatic carbocycles. The third-order valence-electron chi connectivity index (χ3n) is 3.69. The summed E-state index contributed by atoms with van der Waals surface area (Å²) < 4.78 is 23.0. The number of fused-ring (bicyclic) bond motifs is 4. The lowest BCUT2D eigenvalue weighted by Gasteiger charge is -2.40. The Morgan fingerprint density at radius 1 is 1.20 bits per heavy atom. The fourth-order valence-electron chi connectivity index (χ4n) is 2.94. The summed E-state index contributed by atoms with van der Waals surface area (Å²) in [4.78, 5) is 5.57. The SMILES string of the molecule is CC1(C)OC2[C@@H](N=[N+]=[N-])C3OC[C@](CN=[N+]=[N-])(O3)[C@@H]2O1.